The highest BCUT2D eigenvalue weighted by Gasteiger charge is 2.07. The third kappa shape index (κ3) is 5.49. The average molecular weight is 316 g/mol. The highest BCUT2D eigenvalue weighted by molar-refractivity contribution is 9.10. The smallest absolute Gasteiger partial charge is 0.126 e. The van der Waals surface area contributed by atoms with Crippen LogP contribution < -0.4 is 5.32 Å². The van der Waals surface area contributed by atoms with Crippen LogP contribution in [0.3, 0.4) is 0 Å². The van der Waals surface area contributed by atoms with E-state index in [9.17, 15) is 4.39 Å². The number of benzene rings is 1. The summed E-state index contributed by atoms with van der Waals surface area (Å²) in [6.07, 6.45) is 5.37. The number of hydrogen-bond donors (Lipinski definition) is 1. The molecule has 1 N–H and O–H groups in total. The van der Waals surface area contributed by atoms with E-state index in [1.54, 1.807) is 6.07 Å². The second-order valence-corrected chi connectivity index (χ2v) is 5.59. The van der Waals surface area contributed by atoms with Crippen LogP contribution in [0.5, 0.6) is 0 Å². The summed E-state index contributed by atoms with van der Waals surface area (Å²) in [6, 6.07) is 5.75. The largest absolute Gasteiger partial charge is 0.314 e. The summed E-state index contributed by atoms with van der Waals surface area (Å²) < 4.78 is 14.5. The zero-order valence-corrected chi connectivity index (χ0v) is 12.9. The topological polar surface area (TPSA) is 12.0 Å². The van der Waals surface area contributed by atoms with Crippen molar-refractivity contribution in [2.45, 2.75) is 52.0 Å². The molecule has 1 nitrogen and oxygen atoms in total. The zero-order valence-electron chi connectivity index (χ0n) is 11.3. The predicted octanol–water partition coefficient (Wildman–Crippen LogP) is 4.69. The predicted molar refractivity (Wildman–Crippen MR) is 79.4 cm³/mol. The molecule has 0 amide bonds. The van der Waals surface area contributed by atoms with Crippen molar-refractivity contribution in [2.24, 2.45) is 0 Å². The molecule has 0 bridgehead atoms. The Balaban J connectivity index is 2.41. The maximum absolute atomic E-state index is 13.6. The molecule has 102 valence electrons. The fourth-order valence-corrected chi connectivity index (χ4v) is 2.67. The molecule has 0 aliphatic carbocycles. The molecule has 0 aromatic heterocycles. The standard InChI is InChI=1S/C15H23BrFN/c1-3-6-14(18-4-2)8-5-7-12-11-13(16)9-10-15(12)17/h9-11,14,18H,3-8H2,1-2H3. The third-order valence-corrected chi connectivity index (χ3v) is 3.63. The van der Waals surface area contributed by atoms with Gasteiger partial charge in [0, 0.05) is 10.5 Å². The molecule has 0 heterocycles. The zero-order chi connectivity index (χ0) is 13.4. The van der Waals surface area contributed by atoms with Crippen LogP contribution in [-0.2, 0) is 6.42 Å². The lowest BCUT2D eigenvalue weighted by atomic mass is 10.0. The number of halogens is 2. The van der Waals surface area contributed by atoms with Crippen molar-refractivity contribution in [3.8, 4) is 0 Å². The van der Waals surface area contributed by atoms with Gasteiger partial charge in [-0.2, -0.15) is 0 Å². The second-order valence-electron chi connectivity index (χ2n) is 4.67. The molecule has 1 unspecified atom stereocenters. The van der Waals surface area contributed by atoms with Gasteiger partial charge in [-0.25, -0.2) is 4.39 Å². The molecular weight excluding hydrogens is 293 g/mol. The van der Waals surface area contributed by atoms with E-state index in [0.29, 0.717) is 6.04 Å². The first-order chi connectivity index (χ1) is 8.67. The van der Waals surface area contributed by atoms with Crippen LogP contribution in [0.2, 0.25) is 0 Å². The first-order valence-corrected chi connectivity index (χ1v) is 7.64. The van der Waals surface area contributed by atoms with E-state index in [2.05, 4.69) is 35.1 Å². The Labute approximate surface area is 118 Å². The summed E-state index contributed by atoms with van der Waals surface area (Å²) in [5, 5.41) is 3.49. The molecule has 0 saturated carbocycles. The fraction of sp³-hybridized carbons (Fsp3) is 0.600. The van der Waals surface area contributed by atoms with Crippen LogP contribution in [0.25, 0.3) is 0 Å². The van der Waals surface area contributed by atoms with E-state index in [1.165, 1.54) is 18.9 Å². The summed E-state index contributed by atoms with van der Waals surface area (Å²) in [5.74, 6) is -0.0892. The van der Waals surface area contributed by atoms with Crippen molar-refractivity contribution in [3.63, 3.8) is 0 Å². The van der Waals surface area contributed by atoms with Crippen LogP contribution in [-0.4, -0.2) is 12.6 Å². The van der Waals surface area contributed by atoms with Gasteiger partial charge in [-0.05, 0) is 56.0 Å². The summed E-state index contributed by atoms with van der Waals surface area (Å²) in [4.78, 5) is 0. The van der Waals surface area contributed by atoms with E-state index in [1.807, 2.05) is 6.07 Å². The SMILES string of the molecule is CCCC(CCCc1cc(Br)ccc1F)NCC. The Bertz CT molecular complexity index is 348. The van der Waals surface area contributed by atoms with Gasteiger partial charge in [0.25, 0.3) is 0 Å². The Morgan fingerprint density at radius 3 is 2.72 bits per heavy atom. The van der Waals surface area contributed by atoms with Gasteiger partial charge < -0.3 is 5.32 Å². The molecule has 0 radical (unpaired) electrons. The number of nitrogens with one attached hydrogen (secondary N) is 1. The quantitative estimate of drug-likeness (QED) is 0.734. The second kappa shape index (κ2) is 8.65. The Morgan fingerprint density at radius 2 is 2.06 bits per heavy atom. The van der Waals surface area contributed by atoms with Gasteiger partial charge in [0.2, 0.25) is 0 Å². The van der Waals surface area contributed by atoms with Crippen molar-refractivity contribution < 1.29 is 4.39 Å². The summed E-state index contributed by atoms with van der Waals surface area (Å²) in [5.41, 5.74) is 0.816. The monoisotopic (exact) mass is 315 g/mol. The van der Waals surface area contributed by atoms with Crippen molar-refractivity contribution in [1.82, 2.24) is 5.32 Å². The first kappa shape index (κ1) is 15.6. The first-order valence-electron chi connectivity index (χ1n) is 6.84. The summed E-state index contributed by atoms with van der Waals surface area (Å²) >= 11 is 3.39. The van der Waals surface area contributed by atoms with E-state index >= 15 is 0 Å². The number of aryl methyl sites for hydroxylation is 1. The van der Waals surface area contributed by atoms with Gasteiger partial charge in [0.15, 0.2) is 0 Å². The Morgan fingerprint density at radius 1 is 1.28 bits per heavy atom. The summed E-state index contributed by atoms with van der Waals surface area (Å²) in [7, 11) is 0. The molecule has 1 rings (SSSR count). The van der Waals surface area contributed by atoms with Crippen LogP contribution >= 0.6 is 15.9 Å². The third-order valence-electron chi connectivity index (χ3n) is 3.14. The van der Waals surface area contributed by atoms with Crippen molar-refractivity contribution >= 4 is 15.9 Å². The van der Waals surface area contributed by atoms with Gasteiger partial charge in [-0.3, -0.25) is 0 Å². The molecule has 0 fully saturated rings. The van der Waals surface area contributed by atoms with Crippen LogP contribution in [0, 0.1) is 5.82 Å². The Kier molecular flexibility index (Phi) is 7.52. The minimum Gasteiger partial charge on any atom is -0.314 e. The van der Waals surface area contributed by atoms with Gasteiger partial charge >= 0.3 is 0 Å². The van der Waals surface area contributed by atoms with Crippen LogP contribution in [0.15, 0.2) is 22.7 Å². The van der Waals surface area contributed by atoms with Crippen molar-refractivity contribution in [2.75, 3.05) is 6.54 Å². The molecule has 0 saturated heterocycles. The van der Waals surface area contributed by atoms with Gasteiger partial charge in [-0.1, -0.05) is 36.2 Å². The molecule has 0 aliphatic heterocycles. The Hall–Kier alpha value is -0.410. The van der Waals surface area contributed by atoms with Gasteiger partial charge in [-0.15, -0.1) is 0 Å². The van der Waals surface area contributed by atoms with Gasteiger partial charge in [0.1, 0.15) is 5.82 Å². The normalized spacial score (nSPS) is 12.7. The highest BCUT2D eigenvalue weighted by atomic mass is 79.9. The minimum atomic E-state index is -0.0892. The van der Waals surface area contributed by atoms with E-state index < -0.39 is 0 Å². The molecule has 1 aromatic carbocycles. The fourth-order valence-electron chi connectivity index (χ4n) is 2.26. The van der Waals surface area contributed by atoms with E-state index in [-0.39, 0.29) is 5.82 Å². The lowest BCUT2D eigenvalue weighted by molar-refractivity contribution is 0.445. The van der Waals surface area contributed by atoms with Crippen molar-refractivity contribution in [1.29, 1.82) is 0 Å². The van der Waals surface area contributed by atoms with E-state index in [0.717, 1.165) is 35.8 Å². The average Bonchev–Trinajstić information content (AvgIpc) is 2.34. The number of hydrogen-bond acceptors (Lipinski definition) is 1. The highest BCUT2D eigenvalue weighted by Crippen LogP contribution is 2.18. The maximum atomic E-state index is 13.6. The minimum absolute atomic E-state index is 0.0892. The lowest BCUT2D eigenvalue weighted by Gasteiger charge is -2.16. The van der Waals surface area contributed by atoms with Crippen LogP contribution in [0.1, 0.15) is 45.1 Å². The molecule has 0 aliphatic rings. The van der Waals surface area contributed by atoms with Crippen molar-refractivity contribution in [3.05, 3.63) is 34.1 Å². The lowest BCUT2D eigenvalue weighted by Crippen LogP contribution is -2.28. The molecular formula is C15H23BrFN. The van der Waals surface area contributed by atoms with E-state index in [4.69, 9.17) is 0 Å². The van der Waals surface area contributed by atoms with Gasteiger partial charge in [0.05, 0.1) is 0 Å². The molecule has 18 heavy (non-hydrogen) atoms. The van der Waals surface area contributed by atoms with Crippen LogP contribution in [0.4, 0.5) is 4.39 Å². The summed E-state index contributed by atoms with van der Waals surface area (Å²) in [6.45, 7) is 5.35. The molecule has 3 heteroatoms. The molecule has 1 atom stereocenters. The molecule has 1 aromatic rings. The maximum Gasteiger partial charge on any atom is 0.126 e. The molecule has 0 spiro atoms. The number of rotatable bonds is 8.